The van der Waals surface area contributed by atoms with Crippen LogP contribution in [0.3, 0.4) is 0 Å². The summed E-state index contributed by atoms with van der Waals surface area (Å²) >= 11 is 0. The number of amides is 1. The number of hydrogen-bond acceptors (Lipinski definition) is 3. The van der Waals surface area contributed by atoms with Gasteiger partial charge in [0.1, 0.15) is 0 Å². The van der Waals surface area contributed by atoms with Crippen LogP contribution in [0.4, 0.5) is 0 Å². The van der Waals surface area contributed by atoms with E-state index >= 15 is 0 Å². The Balaban J connectivity index is 0. The Bertz CT molecular complexity index is 390. The first kappa shape index (κ1) is 26.6. The molecule has 0 fully saturated rings. The minimum Gasteiger partial charge on any atom is -0.462 e. The second-order valence-corrected chi connectivity index (χ2v) is 6.95. The highest BCUT2D eigenvalue weighted by Crippen LogP contribution is 2.11. The Morgan fingerprint density at radius 2 is 1.08 bits per heavy atom. The van der Waals surface area contributed by atoms with Crippen LogP contribution < -0.4 is 5.73 Å². The number of carbonyl (C=O) groups is 2. The summed E-state index contributed by atoms with van der Waals surface area (Å²) in [7, 11) is 0. The highest BCUT2D eigenvalue weighted by molar-refractivity contribution is 5.90. The third kappa shape index (κ3) is 22.4. The average Bonchev–Trinajstić information content (AvgIpc) is 2.59. The van der Waals surface area contributed by atoms with Crippen LogP contribution in [-0.2, 0) is 14.3 Å². The standard InChI is InChI=1S/C18H34O2.C4H7NO/c1-4-5-6-7-8-9-10-11-12-13-14-15-16-20-18(19)17(2)3;1-3(2)4(5)6/h2,4-16H2,1,3H3;1H2,2H3,(H2,5,6). The molecule has 1 amide bonds. The van der Waals surface area contributed by atoms with Gasteiger partial charge in [-0.15, -0.1) is 0 Å². The van der Waals surface area contributed by atoms with Crippen LogP contribution in [0, 0.1) is 0 Å². The lowest BCUT2D eigenvalue weighted by atomic mass is 10.1. The molecular weight excluding hydrogens is 326 g/mol. The second kappa shape index (κ2) is 19.7. The first-order valence-corrected chi connectivity index (χ1v) is 10.1. The van der Waals surface area contributed by atoms with Crippen molar-refractivity contribution in [3.8, 4) is 0 Å². The monoisotopic (exact) mass is 367 g/mol. The highest BCUT2D eigenvalue weighted by Gasteiger charge is 2.01. The van der Waals surface area contributed by atoms with Gasteiger partial charge < -0.3 is 10.5 Å². The van der Waals surface area contributed by atoms with E-state index in [4.69, 9.17) is 10.5 Å². The van der Waals surface area contributed by atoms with Crippen molar-refractivity contribution in [2.24, 2.45) is 5.73 Å². The molecule has 152 valence electrons. The maximum absolute atomic E-state index is 11.1. The van der Waals surface area contributed by atoms with Gasteiger partial charge >= 0.3 is 5.97 Å². The third-order valence-electron chi connectivity index (χ3n) is 4.00. The molecule has 0 rings (SSSR count). The molecule has 4 heteroatoms. The summed E-state index contributed by atoms with van der Waals surface area (Å²) in [6, 6.07) is 0. The lowest BCUT2D eigenvalue weighted by Crippen LogP contribution is -2.10. The molecule has 0 atom stereocenters. The molecule has 0 radical (unpaired) electrons. The van der Waals surface area contributed by atoms with E-state index in [-0.39, 0.29) is 5.97 Å². The largest absolute Gasteiger partial charge is 0.462 e. The van der Waals surface area contributed by atoms with Crippen molar-refractivity contribution in [1.29, 1.82) is 0 Å². The van der Waals surface area contributed by atoms with Gasteiger partial charge in [-0.2, -0.15) is 0 Å². The molecular formula is C22H41NO3. The summed E-state index contributed by atoms with van der Waals surface area (Å²) in [6.45, 7) is 12.9. The molecule has 0 aromatic heterocycles. The normalized spacial score (nSPS) is 9.81. The van der Waals surface area contributed by atoms with Crippen LogP contribution in [-0.4, -0.2) is 18.5 Å². The molecule has 26 heavy (non-hydrogen) atoms. The predicted octanol–water partition coefficient (Wildman–Crippen LogP) is 5.85. The molecule has 4 nitrogen and oxygen atoms in total. The van der Waals surface area contributed by atoms with Crippen LogP contribution >= 0.6 is 0 Å². The maximum Gasteiger partial charge on any atom is 0.333 e. The number of primary amides is 1. The maximum atomic E-state index is 11.1. The van der Waals surface area contributed by atoms with Crippen molar-refractivity contribution in [3.63, 3.8) is 0 Å². The molecule has 0 bridgehead atoms. The summed E-state index contributed by atoms with van der Waals surface area (Å²) in [4.78, 5) is 20.9. The van der Waals surface area contributed by atoms with E-state index in [1.54, 1.807) is 13.8 Å². The lowest BCUT2D eigenvalue weighted by molar-refractivity contribution is -0.139. The SMILES string of the molecule is C=C(C)C(=O)OCCCCCCCCCCCCCC.C=C(C)C(N)=O. The van der Waals surface area contributed by atoms with E-state index in [0.29, 0.717) is 17.8 Å². The Labute approximate surface area is 161 Å². The van der Waals surface area contributed by atoms with E-state index < -0.39 is 5.91 Å². The number of carbonyl (C=O) groups excluding carboxylic acids is 2. The lowest BCUT2D eigenvalue weighted by Gasteiger charge is -2.04. The molecule has 0 saturated carbocycles. The quantitative estimate of drug-likeness (QED) is 0.224. The van der Waals surface area contributed by atoms with Crippen LogP contribution in [0.5, 0.6) is 0 Å². The average molecular weight is 368 g/mol. The van der Waals surface area contributed by atoms with Crippen molar-refractivity contribution in [2.45, 2.75) is 97.8 Å². The molecule has 0 saturated heterocycles. The van der Waals surface area contributed by atoms with Crippen molar-refractivity contribution in [3.05, 3.63) is 24.3 Å². The number of esters is 1. The molecule has 0 aromatic carbocycles. The minimum atomic E-state index is -0.435. The summed E-state index contributed by atoms with van der Waals surface area (Å²) in [6.07, 6.45) is 15.9. The van der Waals surface area contributed by atoms with E-state index in [2.05, 4.69) is 20.1 Å². The molecule has 0 spiro atoms. The fraction of sp³-hybridized carbons (Fsp3) is 0.727. The number of ether oxygens (including phenoxy) is 1. The van der Waals surface area contributed by atoms with E-state index in [9.17, 15) is 9.59 Å². The number of rotatable bonds is 15. The predicted molar refractivity (Wildman–Crippen MR) is 111 cm³/mol. The number of unbranched alkanes of at least 4 members (excludes halogenated alkanes) is 11. The minimum absolute atomic E-state index is 0.256. The fourth-order valence-corrected chi connectivity index (χ4v) is 2.23. The van der Waals surface area contributed by atoms with Gasteiger partial charge in [0.15, 0.2) is 0 Å². The Kier molecular flexibility index (Phi) is 20.2. The van der Waals surface area contributed by atoms with Crippen LogP contribution in [0.25, 0.3) is 0 Å². The van der Waals surface area contributed by atoms with Crippen molar-refractivity contribution >= 4 is 11.9 Å². The Morgan fingerprint density at radius 3 is 1.38 bits per heavy atom. The highest BCUT2D eigenvalue weighted by atomic mass is 16.5. The van der Waals surface area contributed by atoms with Gasteiger partial charge in [-0.1, -0.05) is 90.7 Å². The van der Waals surface area contributed by atoms with Gasteiger partial charge in [0, 0.05) is 11.1 Å². The molecule has 0 aromatic rings. The van der Waals surface area contributed by atoms with Crippen LogP contribution in [0.1, 0.15) is 97.8 Å². The zero-order valence-corrected chi connectivity index (χ0v) is 17.4. The molecule has 0 aliphatic heterocycles. The summed E-state index contributed by atoms with van der Waals surface area (Å²) in [5.41, 5.74) is 5.58. The number of hydrogen-bond donors (Lipinski definition) is 1. The molecule has 0 aliphatic carbocycles. The van der Waals surface area contributed by atoms with Gasteiger partial charge in [-0.05, 0) is 20.3 Å². The van der Waals surface area contributed by atoms with Crippen molar-refractivity contribution in [2.75, 3.05) is 6.61 Å². The van der Waals surface area contributed by atoms with E-state index in [0.717, 1.165) is 6.42 Å². The first-order chi connectivity index (χ1) is 12.3. The van der Waals surface area contributed by atoms with Gasteiger partial charge in [0.25, 0.3) is 0 Å². The topological polar surface area (TPSA) is 69.4 Å². The first-order valence-electron chi connectivity index (χ1n) is 10.1. The molecule has 0 aliphatic rings. The van der Waals surface area contributed by atoms with Crippen LogP contribution in [0.15, 0.2) is 24.3 Å². The van der Waals surface area contributed by atoms with Gasteiger partial charge in [-0.3, -0.25) is 4.79 Å². The van der Waals surface area contributed by atoms with E-state index in [1.807, 2.05) is 0 Å². The summed E-state index contributed by atoms with van der Waals surface area (Å²) in [5.74, 6) is -0.692. The smallest absolute Gasteiger partial charge is 0.333 e. The number of nitrogens with two attached hydrogens (primary N) is 1. The molecule has 0 unspecified atom stereocenters. The fourth-order valence-electron chi connectivity index (χ4n) is 2.23. The molecule has 0 heterocycles. The summed E-state index contributed by atoms with van der Waals surface area (Å²) < 4.78 is 5.06. The second-order valence-electron chi connectivity index (χ2n) is 6.95. The van der Waals surface area contributed by atoms with Crippen molar-refractivity contribution < 1.29 is 14.3 Å². The zero-order valence-electron chi connectivity index (χ0n) is 17.4. The van der Waals surface area contributed by atoms with Gasteiger partial charge in [0.2, 0.25) is 5.91 Å². The third-order valence-corrected chi connectivity index (χ3v) is 4.00. The Morgan fingerprint density at radius 1 is 0.731 bits per heavy atom. The van der Waals surface area contributed by atoms with Gasteiger partial charge in [0.05, 0.1) is 6.61 Å². The van der Waals surface area contributed by atoms with Gasteiger partial charge in [-0.25, -0.2) is 4.79 Å². The van der Waals surface area contributed by atoms with Crippen molar-refractivity contribution in [1.82, 2.24) is 0 Å². The Hall–Kier alpha value is -1.58. The van der Waals surface area contributed by atoms with Crippen LogP contribution in [0.2, 0.25) is 0 Å². The zero-order chi connectivity index (χ0) is 20.2. The van der Waals surface area contributed by atoms with E-state index in [1.165, 1.54) is 70.6 Å². The molecule has 2 N–H and O–H groups in total. The summed E-state index contributed by atoms with van der Waals surface area (Å²) in [5, 5.41) is 0.